The maximum absolute atomic E-state index is 12.9. The van der Waals surface area contributed by atoms with E-state index in [1.54, 1.807) is 0 Å². The lowest BCUT2D eigenvalue weighted by Crippen LogP contribution is -2.30. The highest BCUT2D eigenvalue weighted by Crippen LogP contribution is 2.27. The summed E-state index contributed by atoms with van der Waals surface area (Å²) in [5.74, 6) is 1.07. The lowest BCUT2D eigenvalue weighted by atomic mass is 10.1. The summed E-state index contributed by atoms with van der Waals surface area (Å²) in [5.41, 5.74) is 2.51. The van der Waals surface area contributed by atoms with E-state index in [0.717, 1.165) is 49.3 Å². The minimum atomic E-state index is -2.93. The highest BCUT2D eigenvalue weighted by atomic mass is 32.2. The summed E-state index contributed by atoms with van der Waals surface area (Å²) in [6.45, 7) is 1.27. The summed E-state index contributed by atoms with van der Waals surface area (Å²) in [4.78, 5) is 17.6. The van der Waals surface area contributed by atoms with Crippen LogP contribution in [0.1, 0.15) is 41.9 Å². The van der Waals surface area contributed by atoms with Crippen LogP contribution in [-0.2, 0) is 22.8 Å². The monoisotopic (exact) mass is 387 g/mol. The lowest BCUT2D eigenvalue weighted by molar-refractivity contribution is 0.0942. The minimum absolute atomic E-state index is 0.00811. The fraction of sp³-hybridized carbons (Fsp3) is 0.500. The zero-order valence-corrected chi connectivity index (χ0v) is 16.2. The van der Waals surface area contributed by atoms with Crippen LogP contribution in [0.25, 0.3) is 11.4 Å². The normalized spacial score (nSPS) is 21.4. The quantitative estimate of drug-likeness (QED) is 0.874. The van der Waals surface area contributed by atoms with Gasteiger partial charge < -0.3 is 9.88 Å². The maximum Gasteiger partial charge on any atom is 0.271 e. The highest BCUT2D eigenvalue weighted by molar-refractivity contribution is 7.91. The van der Waals surface area contributed by atoms with E-state index in [4.69, 9.17) is 4.98 Å². The molecule has 1 saturated heterocycles. The van der Waals surface area contributed by atoms with Crippen molar-refractivity contribution in [3.63, 3.8) is 0 Å². The van der Waals surface area contributed by atoms with Crippen molar-refractivity contribution in [1.29, 1.82) is 0 Å². The molecule has 1 aromatic carbocycles. The van der Waals surface area contributed by atoms with Gasteiger partial charge in [0.25, 0.3) is 5.91 Å². The number of amides is 1. The lowest BCUT2D eigenvalue weighted by Gasteiger charge is -2.10. The van der Waals surface area contributed by atoms with Crippen LogP contribution in [0.2, 0.25) is 0 Å². The van der Waals surface area contributed by atoms with Gasteiger partial charge in [0.2, 0.25) is 0 Å². The molecule has 1 fully saturated rings. The van der Waals surface area contributed by atoms with Crippen LogP contribution < -0.4 is 5.32 Å². The Labute approximate surface area is 159 Å². The predicted octanol–water partition coefficient (Wildman–Crippen LogP) is 2.44. The Kier molecular flexibility index (Phi) is 5.04. The summed E-state index contributed by atoms with van der Waals surface area (Å²) >= 11 is 0. The number of hydrogen-bond acceptors (Lipinski definition) is 4. The Balaban J connectivity index is 1.58. The molecule has 0 spiro atoms. The first kappa shape index (κ1) is 18.2. The molecular formula is C20H25N3O3S. The Hall–Kier alpha value is -2.15. The number of sulfone groups is 1. The molecule has 0 radical (unpaired) electrons. The number of fused-ring (bicyclic) bond motifs is 1. The van der Waals surface area contributed by atoms with Gasteiger partial charge in [0.15, 0.2) is 9.84 Å². The topological polar surface area (TPSA) is 81.1 Å². The van der Waals surface area contributed by atoms with Crippen molar-refractivity contribution in [2.75, 3.05) is 18.1 Å². The summed E-state index contributed by atoms with van der Waals surface area (Å²) < 4.78 is 25.4. The van der Waals surface area contributed by atoms with E-state index < -0.39 is 9.84 Å². The first-order chi connectivity index (χ1) is 13.0. The van der Waals surface area contributed by atoms with Gasteiger partial charge in [0.1, 0.15) is 11.5 Å². The van der Waals surface area contributed by atoms with Gasteiger partial charge in [-0.25, -0.2) is 13.4 Å². The average molecular weight is 388 g/mol. The van der Waals surface area contributed by atoms with E-state index >= 15 is 0 Å². The van der Waals surface area contributed by atoms with E-state index in [0.29, 0.717) is 18.7 Å². The van der Waals surface area contributed by atoms with Gasteiger partial charge in [0.05, 0.1) is 17.2 Å². The van der Waals surface area contributed by atoms with E-state index in [2.05, 4.69) is 9.88 Å². The number of nitrogens with one attached hydrogen (secondary N) is 1. The van der Waals surface area contributed by atoms with Crippen molar-refractivity contribution >= 4 is 15.7 Å². The number of hydrogen-bond donors (Lipinski definition) is 1. The average Bonchev–Trinajstić information content (AvgIpc) is 3.10. The van der Waals surface area contributed by atoms with Gasteiger partial charge >= 0.3 is 0 Å². The van der Waals surface area contributed by atoms with E-state index in [9.17, 15) is 13.2 Å². The van der Waals surface area contributed by atoms with E-state index in [1.807, 2.05) is 30.3 Å². The number of rotatable bonds is 4. The molecule has 1 aromatic heterocycles. The summed E-state index contributed by atoms with van der Waals surface area (Å²) in [6.07, 6.45) is 4.77. The molecule has 0 unspecified atom stereocenters. The van der Waals surface area contributed by atoms with Crippen LogP contribution in [0, 0.1) is 5.92 Å². The molecule has 4 rings (SSSR count). The van der Waals surface area contributed by atoms with Crippen LogP contribution in [0.3, 0.4) is 0 Å². The van der Waals surface area contributed by atoms with Gasteiger partial charge in [-0.2, -0.15) is 0 Å². The van der Waals surface area contributed by atoms with Crippen LogP contribution in [0.15, 0.2) is 30.3 Å². The van der Waals surface area contributed by atoms with Crippen LogP contribution in [0.4, 0.5) is 0 Å². The molecule has 144 valence electrons. The number of aromatic nitrogens is 2. The second kappa shape index (κ2) is 7.46. The van der Waals surface area contributed by atoms with Gasteiger partial charge in [0, 0.05) is 18.7 Å². The van der Waals surface area contributed by atoms with E-state index in [1.165, 1.54) is 0 Å². The SMILES string of the molecule is O=C(NC[C@@H]1CCS(=O)(=O)C1)c1nc(-c2ccccc2)n2c1CCCCC2. The number of nitrogens with zero attached hydrogens (tertiary/aromatic N) is 2. The summed E-state index contributed by atoms with van der Waals surface area (Å²) in [5, 5.41) is 2.93. The number of benzene rings is 1. The Morgan fingerprint density at radius 1 is 1.19 bits per heavy atom. The molecule has 27 heavy (non-hydrogen) atoms. The third-order valence-electron chi connectivity index (χ3n) is 5.49. The Bertz CT molecular complexity index is 935. The van der Waals surface area contributed by atoms with Crippen LogP contribution in [0.5, 0.6) is 0 Å². The first-order valence-corrected chi connectivity index (χ1v) is 11.5. The molecule has 0 bridgehead atoms. The third kappa shape index (κ3) is 3.93. The zero-order chi connectivity index (χ0) is 18.9. The standard InChI is InChI=1S/C20H25N3O3S/c24-20(21-13-15-10-12-27(25,26)14-15)18-17-9-5-2-6-11-23(17)19(22-18)16-7-3-1-4-8-16/h1,3-4,7-8,15H,2,5-6,9-14H2,(H,21,24)/t15-/m0/s1. The fourth-order valence-corrected chi connectivity index (χ4v) is 5.92. The largest absolute Gasteiger partial charge is 0.350 e. The van der Waals surface area contributed by atoms with Crippen molar-refractivity contribution in [2.45, 2.75) is 38.6 Å². The van der Waals surface area contributed by atoms with Gasteiger partial charge in [-0.1, -0.05) is 36.8 Å². The molecule has 0 aliphatic carbocycles. The van der Waals surface area contributed by atoms with Crippen molar-refractivity contribution in [3.8, 4) is 11.4 Å². The van der Waals surface area contributed by atoms with Crippen molar-refractivity contribution in [1.82, 2.24) is 14.9 Å². The fourth-order valence-electron chi connectivity index (χ4n) is 4.06. The number of carbonyl (C=O) groups is 1. The van der Waals surface area contributed by atoms with Gasteiger partial charge in [-0.05, 0) is 31.6 Å². The highest BCUT2D eigenvalue weighted by Gasteiger charge is 2.29. The minimum Gasteiger partial charge on any atom is -0.350 e. The molecule has 0 saturated carbocycles. The molecule has 2 aliphatic heterocycles. The van der Waals surface area contributed by atoms with Crippen LogP contribution in [-0.4, -0.2) is 41.9 Å². The van der Waals surface area contributed by atoms with Crippen molar-refractivity contribution < 1.29 is 13.2 Å². The van der Waals surface area contributed by atoms with Gasteiger partial charge in [-0.15, -0.1) is 0 Å². The maximum atomic E-state index is 12.9. The Morgan fingerprint density at radius 2 is 2.00 bits per heavy atom. The smallest absolute Gasteiger partial charge is 0.271 e. The third-order valence-corrected chi connectivity index (χ3v) is 7.33. The second-order valence-electron chi connectivity index (χ2n) is 7.54. The van der Waals surface area contributed by atoms with Crippen molar-refractivity contribution in [3.05, 3.63) is 41.7 Å². The molecule has 1 atom stereocenters. The van der Waals surface area contributed by atoms with Gasteiger partial charge in [-0.3, -0.25) is 4.79 Å². The predicted molar refractivity (Wildman–Crippen MR) is 104 cm³/mol. The molecule has 2 aromatic rings. The molecule has 7 heteroatoms. The molecule has 3 heterocycles. The summed E-state index contributed by atoms with van der Waals surface area (Å²) in [7, 11) is -2.93. The molecule has 2 aliphatic rings. The molecule has 1 N–H and O–H groups in total. The number of carbonyl (C=O) groups excluding carboxylic acids is 1. The first-order valence-electron chi connectivity index (χ1n) is 9.67. The Morgan fingerprint density at radius 3 is 2.74 bits per heavy atom. The van der Waals surface area contributed by atoms with E-state index in [-0.39, 0.29) is 23.3 Å². The zero-order valence-electron chi connectivity index (χ0n) is 15.4. The molecular weight excluding hydrogens is 362 g/mol. The summed E-state index contributed by atoms with van der Waals surface area (Å²) in [6, 6.07) is 9.97. The van der Waals surface area contributed by atoms with Crippen molar-refractivity contribution in [2.24, 2.45) is 5.92 Å². The molecule has 6 nitrogen and oxygen atoms in total. The number of imidazole rings is 1. The van der Waals surface area contributed by atoms with Crippen LogP contribution >= 0.6 is 0 Å². The second-order valence-corrected chi connectivity index (χ2v) is 9.77. The molecule has 1 amide bonds.